The van der Waals surface area contributed by atoms with Crippen LogP contribution in [0.2, 0.25) is 0 Å². The van der Waals surface area contributed by atoms with E-state index >= 15 is 0 Å². The van der Waals surface area contributed by atoms with Gasteiger partial charge in [0, 0.05) is 19.8 Å². The lowest BCUT2D eigenvalue weighted by Crippen LogP contribution is -2.35. The summed E-state index contributed by atoms with van der Waals surface area (Å²) in [6.07, 6.45) is 0.551. The second-order valence-corrected chi connectivity index (χ2v) is 4.50. The third kappa shape index (κ3) is 3.19. The van der Waals surface area contributed by atoms with Crippen molar-refractivity contribution < 1.29 is 14.6 Å². The Labute approximate surface area is 119 Å². The molecule has 21 heavy (non-hydrogen) atoms. The Balaban J connectivity index is 2.41. The van der Waals surface area contributed by atoms with Gasteiger partial charge in [0.05, 0.1) is 16.5 Å². The van der Waals surface area contributed by atoms with Gasteiger partial charge in [-0.2, -0.15) is 0 Å². The number of aromatic amines is 1. The number of carboxylic acids is 1. The van der Waals surface area contributed by atoms with Crippen LogP contribution in [-0.2, 0) is 11.3 Å². The largest absolute Gasteiger partial charge is 0.478 e. The Kier molecular flexibility index (Phi) is 4.54. The average Bonchev–Trinajstić information content (AvgIpc) is 2.45. The highest BCUT2D eigenvalue weighted by atomic mass is 16.5. The van der Waals surface area contributed by atoms with Crippen molar-refractivity contribution >= 4 is 16.9 Å². The molecule has 0 bridgehead atoms. The van der Waals surface area contributed by atoms with Crippen LogP contribution in [0.3, 0.4) is 0 Å². The number of carbonyl (C=O) groups is 1. The number of H-pyrrole nitrogens is 1. The molecule has 0 saturated heterocycles. The Hall–Kier alpha value is -2.41. The fraction of sp³-hybridized carbons (Fsp3) is 0.357. The summed E-state index contributed by atoms with van der Waals surface area (Å²) in [5, 5.41) is 9.20. The van der Waals surface area contributed by atoms with Crippen molar-refractivity contribution in [3.63, 3.8) is 0 Å². The zero-order chi connectivity index (χ0) is 15.4. The molecular formula is C14H16N2O5. The highest BCUT2D eigenvalue weighted by Crippen LogP contribution is 2.09. The molecule has 0 atom stereocenters. The van der Waals surface area contributed by atoms with Crippen LogP contribution in [0.1, 0.15) is 23.7 Å². The van der Waals surface area contributed by atoms with Crippen molar-refractivity contribution in [1.82, 2.24) is 9.55 Å². The lowest BCUT2D eigenvalue weighted by molar-refractivity contribution is 0.0697. The summed E-state index contributed by atoms with van der Waals surface area (Å²) in [5.74, 6) is -1.11. The molecular weight excluding hydrogens is 276 g/mol. The normalized spacial score (nSPS) is 10.9. The molecule has 7 heteroatoms. The van der Waals surface area contributed by atoms with Crippen molar-refractivity contribution in [1.29, 1.82) is 0 Å². The van der Waals surface area contributed by atoms with Gasteiger partial charge in [0.1, 0.15) is 0 Å². The first-order chi connectivity index (χ1) is 10.0. The van der Waals surface area contributed by atoms with Gasteiger partial charge >= 0.3 is 11.7 Å². The molecule has 7 nitrogen and oxygen atoms in total. The zero-order valence-corrected chi connectivity index (χ0v) is 11.6. The quantitative estimate of drug-likeness (QED) is 0.767. The second-order valence-electron chi connectivity index (χ2n) is 4.50. The summed E-state index contributed by atoms with van der Waals surface area (Å²) in [4.78, 5) is 37.6. The number of ether oxygens (including phenoxy) is 1. The number of aromatic carboxylic acids is 1. The van der Waals surface area contributed by atoms with Gasteiger partial charge in [-0.05, 0) is 31.5 Å². The van der Waals surface area contributed by atoms with E-state index < -0.39 is 17.2 Å². The van der Waals surface area contributed by atoms with Crippen LogP contribution in [0.4, 0.5) is 0 Å². The highest BCUT2D eigenvalue weighted by molar-refractivity contribution is 5.92. The van der Waals surface area contributed by atoms with E-state index in [-0.39, 0.29) is 23.0 Å². The van der Waals surface area contributed by atoms with Crippen molar-refractivity contribution in [2.45, 2.75) is 19.9 Å². The molecule has 0 amide bonds. The van der Waals surface area contributed by atoms with Gasteiger partial charge in [-0.15, -0.1) is 0 Å². The SMILES string of the molecule is CCOCCCn1c(=O)[nH]c2cc(C(=O)O)ccc2c1=O. The maximum absolute atomic E-state index is 12.2. The van der Waals surface area contributed by atoms with Crippen LogP contribution >= 0.6 is 0 Å². The molecule has 0 aliphatic rings. The lowest BCUT2D eigenvalue weighted by Gasteiger charge is -2.07. The second kappa shape index (κ2) is 6.36. The number of hydrogen-bond donors (Lipinski definition) is 2. The van der Waals surface area contributed by atoms with Crippen molar-refractivity contribution in [2.75, 3.05) is 13.2 Å². The van der Waals surface area contributed by atoms with Crippen LogP contribution in [0.15, 0.2) is 27.8 Å². The predicted molar refractivity (Wildman–Crippen MR) is 76.9 cm³/mol. The van der Waals surface area contributed by atoms with Crippen LogP contribution in [-0.4, -0.2) is 33.8 Å². The summed E-state index contributed by atoms with van der Waals surface area (Å²) in [6.45, 7) is 3.18. The van der Waals surface area contributed by atoms with Crippen molar-refractivity contribution in [3.05, 3.63) is 44.6 Å². The molecule has 1 aromatic carbocycles. The maximum Gasteiger partial charge on any atom is 0.335 e. The van der Waals surface area contributed by atoms with Crippen molar-refractivity contribution in [3.8, 4) is 0 Å². The number of nitrogens with zero attached hydrogens (tertiary/aromatic N) is 1. The number of hydrogen-bond acceptors (Lipinski definition) is 4. The van der Waals surface area contributed by atoms with E-state index in [1.165, 1.54) is 18.2 Å². The standard InChI is InChI=1S/C14H16N2O5/c1-2-21-7-3-6-16-12(17)10-5-4-9(13(18)19)8-11(10)15-14(16)20/h4-5,8H,2-3,6-7H2,1H3,(H,15,20)(H,18,19). The fourth-order valence-electron chi connectivity index (χ4n) is 2.06. The van der Waals surface area contributed by atoms with E-state index in [0.717, 1.165) is 4.57 Å². The molecule has 0 radical (unpaired) electrons. The first kappa shape index (κ1) is 15.0. The third-order valence-electron chi connectivity index (χ3n) is 3.10. The molecule has 0 aliphatic heterocycles. The summed E-state index contributed by atoms with van der Waals surface area (Å²) < 4.78 is 6.27. The molecule has 1 aromatic heterocycles. The monoisotopic (exact) mass is 292 g/mol. The summed E-state index contributed by atoms with van der Waals surface area (Å²) in [5.41, 5.74) is -0.730. The number of aromatic nitrogens is 2. The Morgan fingerprint density at radius 3 is 2.81 bits per heavy atom. The van der Waals surface area contributed by atoms with Crippen LogP contribution in [0.25, 0.3) is 10.9 Å². The first-order valence-electron chi connectivity index (χ1n) is 6.62. The zero-order valence-electron chi connectivity index (χ0n) is 11.6. The molecule has 112 valence electrons. The average molecular weight is 292 g/mol. The first-order valence-corrected chi connectivity index (χ1v) is 6.62. The van der Waals surface area contributed by atoms with Crippen LogP contribution in [0.5, 0.6) is 0 Å². The third-order valence-corrected chi connectivity index (χ3v) is 3.10. The summed E-state index contributed by atoms with van der Waals surface area (Å²) >= 11 is 0. The molecule has 0 saturated carbocycles. The number of benzene rings is 1. The van der Waals surface area contributed by atoms with Gasteiger partial charge < -0.3 is 14.8 Å². The predicted octanol–water partition coefficient (Wildman–Crippen LogP) is 0.815. The molecule has 0 aliphatic carbocycles. The van der Waals surface area contributed by atoms with Gasteiger partial charge in [-0.3, -0.25) is 9.36 Å². The van der Waals surface area contributed by atoms with E-state index in [4.69, 9.17) is 9.84 Å². The molecule has 2 rings (SSSR count). The van der Waals surface area contributed by atoms with Gasteiger partial charge in [0.15, 0.2) is 0 Å². The smallest absolute Gasteiger partial charge is 0.335 e. The minimum Gasteiger partial charge on any atom is -0.478 e. The highest BCUT2D eigenvalue weighted by Gasteiger charge is 2.10. The van der Waals surface area contributed by atoms with E-state index in [1.807, 2.05) is 6.92 Å². The van der Waals surface area contributed by atoms with Crippen molar-refractivity contribution in [2.24, 2.45) is 0 Å². The molecule has 1 heterocycles. The number of carboxylic acid groups (broad SMARTS) is 1. The minimum absolute atomic E-state index is 0.0200. The van der Waals surface area contributed by atoms with E-state index in [2.05, 4.69) is 4.98 Å². The Morgan fingerprint density at radius 1 is 1.38 bits per heavy atom. The fourth-order valence-corrected chi connectivity index (χ4v) is 2.06. The molecule has 2 N–H and O–H groups in total. The summed E-state index contributed by atoms with van der Waals surface area (Å²) in [7, 11) is 0. The maximum atomic E-state index is 12.2. The van der Waals surface area contributed by atoms with Gasteiger partial charge in [0.2, 0.25) is 0 Å². The molecule has 0 unspecified atom stereocenters. The van der Waals surface area contributed by atoms with E-state index in [1.54, 1.807) is 0 Å². The Bertz CT molecular complexity index is 775. The van der Waals surface area contributed by atoms with Gasteiger partial charge in [-0.25, -0.2) is 9.59 Å². The van der Waals surface area contributed by atoms with Gasteiger partial charge in [-0.1, -0.05) is 0 Å². The summed E-state index contributed by atoms with van der Waals surface area (Å²) in [6, 6.07) is 4.04. The van der Waals surface area contributed by atoms with Gasteiger partial charge in [0.25, 0.3) is 5.56 Å². The number of rotatable bonds is 6. The van der Waals surface area contributed by atoms with Crippen LogP contribution in [0, 0.1) is 0 Å². The molecule has 0 fully saturated rings. The lowest BCUT2D eigenvalue weighted by atomic mass is 10.1. The van der Waals surface area contributed by atoms with E-state index in [9.17, 15) is 14.4 Å². The number of nitrogens with one attached hydrogen (secondary N) is 1. The molecule has 2 aromatic rings. The topological polar surface area (TPSA) is 101 Å². The minimum atomic E-state index is -1.11. The Morgan fingerprint density at radius 2 is 2.14 bits per heavy atom. The number of fused-ring (bicyclic) bond motifs is 1. The van der Waals surface area contributed by atoms with E-state index in [0.29, 0.717) is 19.6 Å². The van der Waals surface area contributed by atoms with Crippen LogP contribution < -0.4 is 11.2 Å². The molecule has 0 spiro atoms.